The van der Waals surface area contributed by atoms with Gasteiger partial charge in [-0.05, 0) is 64.7 Å². The molecule has 0 saturated carbocycles. The lowest BCUT2D eigenvalue weighted by molar-refractivity contribution is -0.941. The Kier molecular flexibility index (Phi) is 18.0. The molecule has 2 heterocycles. The number of carbonyl (C=O) groups excluding carboxylic acids is 2. The topological polar surface area (TPSA) is 189 Å². The molecule has 4 aromatic rings. The molecule has 0 radical (unpaired) electrons. The van der Waals surface area contributed by atoms with Crippen LogP contribution in [0.25, 0.3) is 0 Å². The van der Waals surface area contributed by atoms with Gasteiger partial charge in [0.15, 0.2) is 23.0 Å². The average molecular weight is 959 g/mol. The molecular weight excluding hydrogens is 889 g/mol. The van der Waals surface area contributed by atoms with Crippen molar-refractivity contribution in [1.82, 2.24) is 0 Å². The first-order valence-electron chi connectivity index (χ1n) is 23.3. The molecule has 69 heavy (non-hydrogen) atoms. The monoisotopic (exact) mass is 958 g/mol. The zero-order valence-corrected chi connectivity index (χ0v) is 41.3. The number of hydrogen-bond donors (Lipinski definition) is 4. The summed E-state index contributed by atoms with van der Waals surface area (Å²) in [7, 11) is 13.8. The summed E-state index contributed by atoms with van der Waals surface area (Å²) in [5.41, 5.74) is 8.45. The lowest BCUT2D eigenvalue weighted by atomic mass is 9.82. The fourth-order valence-corrected chi connectivity index (χ4v) is 10.5. The molecule has 0 bridgehead atoms. The van der Waals surface area contributed by atoms with Gasteiger partial charge in [-0.3, -0.25) is 0 Å². The molecule has 0 spiro atoms. The third-order valence-corrected chi connectivity index (χ3v) is 14.0. The van der Waals surface area contributed by atoms with Crippen LogP contribution < -0.4 is 28.4 Å². The van der Waals surface area contributed by atoms with Crippen LogP contribution in [0.4, 0.5) is 0 Å². The zero-order valence-electron chi connectivity index (χ0n) is 41.3. The molecule has 2 aliphatic heterocycles. The van der Waals surface area contributed by atoms with E-state index in [-0.39, 0.29) is 51.7 Å². The molecule has 0 aliphatic carbocycles. The van der Waals surface area contributed by atoms with Crippen molar-refractivity contribution in [3.05, 3.63) is 116 Å². The summed E-state index contributed by atoms with van der Waals surface area (Å²) in [6, 6.07) is 15.3. The number of hydrogen-bond acceptors (Lipinski definition) is 14. The minimum atomic E-state index is -0.664. The van der Waals surface area contributed by atoms with E-state index >= 15 is 0 Å². The number of benzene rings is 4. The van der Waals surface area contributed by atoms with E-state index in [2.05, 4.69) is 14.1 Å². The first-order valence-corrected chi connectivity index (χ1v) is 23.3. The second-order valence-electron chi connectivity index (χ2n) is 18.1. The second-order valence-corrected chi connectivity index (χ2v) is 18.1. The van der Waals surface area contributed by atoms with Crippen molar-refractivity contribution in [1.29, 1.82) is 0 Å². The number of quaternary nitrogens is 2. The molecule has 0 aromatic heterocycles. The van der Waals surface area contributed by atoms with Crippen molar-refractivity contribution in [3.63, 3.8) is 0 Å². The number of likely N-dealkylation sites (N-methyl/N-ethyl adjacent to an activating group) is 2. The summed E-state index contributed by atoms with van der Waals surface area (Å²) in [5, 5.41) is 41.0. The third kappa shape index (κ3) is 11.4. The van der Waals surface area contributed by atoms with E-state index in [1.54, 1.807) is 42.7 Å². The minimum Gasteiger partial charge on any atom is -0.496 e. The Labute approximate surface area is 405 Å². The maximum Gasteiger partial charge on any atom is 0.331 e. The summed E-state index contributed by atoms with van der Waals surface area (Å²) < 4.78 is 46.3. The van der Waals surface area contributed by atoms with Gasteiger partial charge in [0.2, 0.25) is 0 Å². The van der Waals surface area contributed by atoms with E-state index in [4.69, 9.17) is 37.9 Å². The van der Waals surface area contributed by atoms with Gasteiger partial charge in [-0.1, -0.05) is 6.07 Å². The summed E-state index contributed by atoms with van der Waals surface area (Å²) in [5.74, 6) is 2.10. The Morgan fingerprint density at radius 1 is 0.594 bits per heavy atom. The molecule has 0 amide bonds. The van der Waals surface area contributed by atoms with Crippen LogP contribution in [-0.2, 0) is 64.8 Å². The highest BCUT2D eigenvalue weighted by atomic mass is 16.5. The number of ether oxygens (including phenoxy) is 8. The van der Waals surface area contributed by atoms with Gasteiger partial charge in [-0.15, -0.1) is 0 Å². The predicted octanol–water partition coefficient (Wildman–Crippen LogP) is 5.21. The van der Waals surface area contributed by atoms with Crippen molar-refractivity contribution in [2.75, 3.05) is 96.1 Å². The normalized spacial score (nSPS) is 19.6. The highest BCUT2D eigenvalue weighted by molar-refractivity contribution is 5.91. The molecule has 4 aromatic carbocycles. The van der Waals surface area contributed by atoms with Gasteiger partial charge in [0.1, 0.15) is 23.6 Å². The van der Waals surface area contributed by atoms with Crippen LogP contribution in [0, 0.1) is 0 Å². The Bertz CT molecular complexity index is 2450. The van der Waals surface area contributed by atoms with Gasteiger partial charge in [-0.25, -0.2) is 9.59 Å². The Morgan fingerprint density at radius 2 is 1.17 bits per heavy atom. The van der Waals surface area contributed by atoms with Crippen LogP contribution in [0.3, 0.4) is 0 Å². The molecule has 6 rings (SSSR count). The van der Waals surface area contributed by atoms with E-state index in [9.17, 15) is 30.0 Å². The standard InChI is InChI=1S/C53H70N2O14/c1-54(19-15-35-28-45(63-4)46(64-5)29-41(35)43(54)24-34-23-40(32-58)52(66-7)47(25-34)65-6)17-9-21-68-48(60)13-14-49(61)69-22-10-18-55(2)20-16-36-26-38(30-56)42(33-59)53(67-8)50(36)51(55)37-11-12-44(62-3)39(27-37)31-57/h11-14,23,25-29,43,51,56-59H,9-10,15-22,24,30-33H2,1-8H3/q+2/b14-13+. The molecule has 2 aliphatic rings. The number of nitrogens with zero attached hydrogens (tertiary/aromatic N) is 2. The molecule has 4 unspecified atom stereocenters. The van der Waals surface area contributed by atoms with Crippen LogP contribution in [0.15, 0.2) is 60.7 Å². The van der Waals surface area contributed by atoms with Crippen molar-refractivity contribution >= 4 is 11.9 Å². The van der Waals surface area contributed by atoms with E-state index in [1.807, 2.05) is 48.5 Å². The summed E-state index contributed by atoms with van der Waals surface area (Å²) in [6.45, 7) is 2.04. The van der Waals surface area contributed by atoms with Crippen molar-refractivity contribution in [3.8, 4) is 34.5 Å². The largest absolute Gasteiger partial charge is 0.496 e. The van der Waals surface area contributed by atoms with Crippen LogP contribution in [0.5, 0.6) is 34.5 Å². The average Bonchev–Trinajstić information content (AvgIpc) is 3.37. The molecule has 374 valence electrons. The Morgan fingerprint density at radius 3 is 1.75 bits per heavy atom. The van der Waals surface area contributed by atoms with E-state index in [1.165, 1.54) is 5.56 Å². The number of aliphatic hydroxyl groups is 4. The van der Waals surface area contributed by atoms with Crippen molar-refractivity contribution in [2.24, 2.45) is 0 Å². The molecule has 16 heteroatoms. The number of aliphatic hydroxyl groups excluding tert-OH is 4. The van der Waals surface area contributed by atoms with Crippen molar-refractivity contribution in [2.45, 2.75) is 70.6 Å². The van der Waals surface area contributed by atoms with Crippen LogP contribution >= 0.6 is 0 Å². The Balaban J connectivity index is 1.08. The molecule has 0 saturated heterocycles. The van der Waals surface area contributed by atoms with E-state index in [0.717, 1.165) is 52.9 Å². The number of rotatable bonds is 23. The minimum absolute atomic E-state index is 0.0339. The molecular formula is C53H70N2O14+2. The smallest absolute Gasteiger partial charge is 0.331 e. The second kappa shape index (κ2) is 23.6. The summed E-state index contributed by atoms with van der Waals surface area (Å²) in [6.07, 6.45) is 5.32. The first-order chi connectivity index (χ1) is 33.3. The van der Waals surface area contributed by atoms with Gasteiger partial charge in [0, 0.05) is 72.1 Å². The molecule has 16 nitrogen and oxygen atoms in total. The zero-order chi connectivity index (χ0) is 49.9. The summed E-state index contributed by atoms with van der Waals surface area (Å²) in [4.78, 5) is 25.7. The number of methoxy groups -OCH3 is 6. The quantitative estimate of drug-likeness (QED) is 0.0328. The maximum absolute atomic E-state index is 12.9. The molecule has 4 N–H and O–H groups in total. The molecule has 4 atom stereocenters. The summed E-state index contributed by atoms with van der Waals surface area (Å²) >= 11 is 0. The lowest BCUT2D eigenvalue weighted by Gasteiger charge is -2.46. The van der Waals surface area contributed by atoms with Crippen LogP contribution in [0.2, 0.25) is 0 Å². The van der Waals surface area contributed by atoms with Crippen molar-refractivity contribution < 1.29 is 76.9 Å². The first kappa shape index (κ1) is 52.5. The number of carbonyl (C=O) groups is 2. The third-order valence-electron chi connectivity index (χ3n) is 14.0. The number of esters is 2. The fourth-order valence-electron chi connectivity index (χ4n) is 10.5. The maximum atomic E-state index is 12.9. The number of fused-ring (bicyclic) bond motifs is 2. The van der Waals surface area contributed by atoms with Gasteiger partial charge in [0.05, 0.1) is 128 Å². The van der Waals surface area contributed by atoms with E-state index in [0.29, 0.717) is 111 Å². The van der Waals surface area contributed by atoms with E-state index < -0.39 is 11.9 Å². The van der Waals surface area contributed by atoms with Gasteiger partial charge in [-0.2, -0.15) is 0 Å². The molecule has 0 fully saturated rings. The van der Waals surface area contributed by atoms with Gasteiger partial charge in [0.25, 0.3) is 0 Å². The lowest BCUT2D eigenvalue weighted by Crippen LogP contribution is -2.52. The van der Waals surface area contributed by atoms with Gasteiger partial charge < -0.3 is 67.3 Å². The Hall–Kier alpha value is -5.88. The van der Waals surface area contributed by atoms with Crippen LogP contribution in [-0.4, -0.2) is 137 Å². The highest BCUT2D eigenvalue weighted by Crippen LogP contribution is 2.48. The highest BCUT2D eigenvalue weighted by Gasteiger charge is 2.44. The van der Waals surface area contributed by atoms with Crippen LogP contribution in [0.1, 0.15) is 80.6 Å². The van der Waals surface area contributed by atoms with Gasteiger partial charge >= 0.3 is 11.9 Å². The SMILES string of the molecule is COc1ccc(C2c3c(cc(CO)c(CO)c3OC)CC[N+]2(C)CCCOC(=O)/C=C/C(=O)OCCC[N+]2(C)CCc3cc(OC)c(OC)cc3C2Cc2cc(CO)c(OC)c(OC)c2)cc1CO. The fraction of sp³-hybridized carbons (Fsp3) is 0.472. The predicted molar refractivity (Wildman–Crippen MR) is 257 cm³/mol.